The van der Waals surface area contributed by atoms with Gasteiger partial charge in [-0.1, -0.05) is 0 Å². The lowest BCUT2D eigenvalue weighted by molar-refractivity contribution is -0.154. The van der Waals surface area contributed by atoms with E-state index in [1.165, 1.54) is 18.4 Å². The van der Waals surface area contributed by atoms with E-state index in [1.54, 1.807) is 32.9 Å². The Morgan fingerprint density at radius 1 is 1.28 bits per heavy atom. The van der Waals surface area contributed by atoms with Gasteiger partial charge in [-0.15, -0.1) is 11.3 Å². The van der Waals surface area contributed by atoms with Crippen molar-refractivity contribution in [1.82, 2.24) is 5.32 Å². The maximum atomic E-state index is 12.4. The summed E-state index contributed by atoms with van der Waals surface area (Å²) < 4.78 is 11.2. The number of nitrogens with one attached hydrogen (secondary N) is 1. The Balaban J connectivity index is 2.07. The molecule has 0 fully saturated rings. The van der Waals surface area contributed by atoms with Gasteiger partial charge in [0.25, 0.3) is 5.91 Å². The molecule has 0 unspecified atom stereocenters. The second-order valence-electron chi connectivity index (χ2n) is 6.67. The van der Waals surface area contributed by atoms with Crippen LogP contribution in [-0.2, 0) is 9.53 Å². The SMILES string of the molecule is COc1cc2sc(C(=O)NCCC(=O)OC(C)(C)C)c(C)c2cc1O. The number of methoxy groups -OCH3 is 1. The predicted molar refractivity (Wildman–Crippen MR) is 97.6 cm³/mol. The van der Waals surface area contributed by atoms with Crippen molar-refractivity contribution in [3.8, 4) is 11.5 Å². The summed E-state index contributed by atoms with van der Waals surface area (Å²) in [4.78, 5) is 24.6. The molecule has 1 aromatic heterocycles. The summed E-state index contributed by atoms with van der Waals surface area (Å²) in [6.45, 7) is 7.43. The zero-order valence-corrected chi connectivity index (χ0v) is 15.9. The van der Waals surface area contributed by atoms with E-state index in [0.717, 1.165) is 15.6 Å². The van der Waals surface area contributed by atoms with Crippen LogP contribution in [-0.4, -0.2) is 36.2 Å². The van der Waals surface area contributed by atoms with Crippen molar-refractivity contribution in [2.24, 2.45) is 0 Å². The summed E-state index contributed by atoms with van der Waals surface area (Å²) >= 11 is 1.32. The third kappa shape index (κ3) is 4.63. The van der Waals surface area contributed by atoms with E-state index in [9.17, 15) is 14.7 Å². The fraction of sp³-hybridized carbons (Fsp3) is 0.444. The fourth-order valence-corrected chi connectivity index (χ4v) is 3.50. The number of rotatable bonds is 5. The van der Waals surface area contributed by atoms with Crippen molar-refractivity contribution in [3.63, 3.8) is 0 Å². The number of aryl methyl sites for hydroxylation is 1. The molecule has 25 heavy (non-hydrogen) atoms. The van der Waals surface area contributed by atoms with E-state index in [4.69, 9.17) is 9.47 Å². The van der Waals surface area contributed by atoms with Gasteiger partial charge in [0.15, 0.2) is 11.5 Å². The molecule has 1 aromatic carbocycles. The van der Waals surface area contributed by atoms with Crippen molar-refractivity contribution in [2.45, 2.75) is 39.7 Å². The quantitative estimate of drug-likeness (QED) is 0.794. The van der Waals surface area contributed by atoms with Crippen LogP contribution in [0.4, 0.5) is 0 Å². The second kappa shape index (κ2) is 7.31. The number of hydrogen-bond acceptors (Lipinski definition) is 6. The van der Waals surface area contributed by atoms with E-state index in [1.807, 2.05) is 6.92 Å². The summed E-state index contributed by atoms with van der Waals surface area (Å²) in [7, 11) is 1.48. The van der Waals surface area contributed by atoms with Gasteiger partial charge in [-0.25, -0.2) is 0 Å². The molecule has 0 bridgehead atoms. The number of ether oxygens (including phenoxy) is 2. The standard InChI is InChI=1S/C18H23NO5S/c1-10-11-8-12(20)13(23-5)9-14(11)25-16(10)17(22)19-7-6-15(21)24-18(2,3)4/h8-9,20H,6-7H2,1-5H3,(H,19,22). The first kappa shape index (κ1) is 19.1. The summed E-state index contributed by atoms with van der Waals surface area (Å²) in [6, 6.07) is 3.30. The molecule has 1 heterocycles. The van der Waals surface area contributed by atoms with Crippen molar-refractivity contribution in [1.29, 1.82) is 0 Å². The summed E-state index contributed by atoms with van der Waals surface area (Å²) in [5, 5.41) is 13.4. The Morgan fingerprint density at radius 2 is 1.96 bits per heavy atom. The maximum Gasteiger partial charge on any atom is 0.308 e. The van der Waals surface area contributed by atoms with Crippen LogP contribution in [0.25, 0.3) is 10.1 Å². The number of phenolic OH excluding ortho intramolecular Hbond substituents is 1. The number of hydrogen-bond donors (Lipinski definition) is 2. The fourth-order valence-electron chi connectivity index (χ4n) is 2.37. The molecular weight excluding hydrogens is 342 g/mol. The topological polar surface area (TPSA) is 84.9 Å². The van der Waals surface area contributed by atoms with Gasteiger partial charge in [-0.2, -0.15) is 0 Å². The van der Waals surface area contributed by atoms with Gasteiger partial charge in [-0.3, -0.25) is 9.59 Å². The number of fused-ring (bicyclic) bond motifs is 1. The van der Waals surface area contributed by atoms with Crippen molar-refractivity contribution < 1.29 is 24.2 Å². The zero-order chi connectivity index (χ0) is 18.8. The molecule has 0 saturated carbocycles. The van der Waals surface area contributed by atoms with Crippen LogP contribution in [0.15, 0.2) is 12.1 Å². The van der Waals surface area contributed by atoms with E-state index in [2.05, 4.69) is 5.32 Å². The van der Waals surface area contributed by atoms with Gasteiger partial charge in [-0.05, 0) is 39.3 Å². The number of aromatic hydroxyl groups is 1. The Labute approximate surface area is 150 Å². The average Bonchev–Trinajstić information content (AvgIpc) is 2.81. The molecule has 136 valence electrons. The Bertz CT molecular complexity index is 804. The van der Waals surface area contributed by atoms with Crippen molar-refractivity contribution in [3.05, 3.63) is 22.6 Å². The number of esters is 1. The van der Waals surface area contributed by atoms with Crippen LogP contribution in [0.5, 0.6) is 11.5 Å². The third-order valence-electron chi connectivity index (χ3n) is 3.48. The summed E-state index contributed by atoms with van der Waals surface area (Å²) in [5.74, 6) is -0.199. The van der Waals surface area contributed by atoms with Crippen LogP contribution in [0.3, 0.4) is 0 Å². The molecule has 2 aromatic rings. The van der Waals surface area contributed by atoms with Crippen molar-refractivity contribution in [2.75, 3.05) is 13.7 Å². The highest BCUT2D eigenvalue weighted by Gasteiger charge is 2.19. The van der Waals surface area contributed by atoms with Crippen LogP contribution < -0.4 is 10.1 Å². The van der Waals surface area contributed by atoms with Gasteiger partial charge in [0.05, 0.1) is 18.4 Å². The molecule has 0 spiro atoms. The largest absolute Gasteiger partial charge is 0.504 e. The van der Waals surface area contributed by atoms with Crippen LogP contribution >= 0.6 is 11.3 Å². The van der Waals surface area contributed by atoms with Gasteiger partial charge >= 0.3 is 5.97 Å². The normalized spacial score (nSPS) is 11.4. The molecule has 0 saturated heterocycles. The number of benzene rings is 1. The van der Waals surface area contributed by atoms with E-state index < -0.39 is 5.60 Å². The molecule has 0 radical (unpaired) electrons. The molecule has 0 aliphatic rings. The third-order valence-corrected chi connectivity index (χ3v) is 4.73. The molecule has 0 aliphatic carbocycles. The van der Waals surface area contributed by atoms with Crippen molar-refractivity contribution >= 4 is 33.3 Å². The monoisotopic (exact) mass is 365 g/mol. The van der Waals surface area contributed by atoms with Gasteiger partial charge in [0.2, 0.25) is 0 Å². The minimum Gasteiger partial charge on any atom is -0.504 e. The molecule has 2 rings (SSSR count). The number of carbonyl (C=O) groups excluding carboxylic acids is 2. The molecule has 2 N–H and O–H groups in total. The predicted octanol–water partition coefficient (Wildman–Crippen LogP) is 3.39. The van der Waals surface area contributed by atoms with Crippen LogP contribution in [0, 0.1) is 6.92 Å². The molecular formula is C18H23NO5S. The number of phenols is 1. The maximum absolute atomic E-state index is 12.4. The van der Waals surface area contributed by atoms with E-state index in [0.29, 0.717) is 10.6 Å². The molecule has 6 nitrogen and oxygen atoms in total. The first-order valence-electron chi connectivity index (χ1n) is 7.92. The zero-order valence-electron chi connectivity index (χ0n) is 15.1. The minimum atomic E-state index is -0.537. The number of amides is 1. The van der Waals surface area contributed by atoms with Crippen LogP contribution in [0.2, 0.25) is 0 Å². The Morgan fingerprint density at radius 3 is 2.56 bits per heavy atom. The van der Waals surface area contributed by atoms with Gasteiger partial charge < -0.3 is 19.9 Å². The van der Waals surface area contributed by atoms with Crippen LogP contribution in [0.1, 0.15) is 42.4 Å². The first-order chi connectivity index (χ1) is 11.6. The molecule has 0 atom stereocenters. The van der Waals surface area contributed by atoms with Gasteiger partial charge in [0, 0.05) is 22.7 Å². The lowest BCUT2D eigenvalue weighted by Crippen LogP contribution is -2.29. The van der Waals surface area contributed by atoms with E-state index in [-0.39, 0.29) is 30.6 Å². The molecule has 0 aliphatic heterocycles. The second-order valence-corrected chi connectivity index (χ2v) is 7.72. The Hall–Kier alpha value is -2.28. The lowest BCUT2D eigenvalue weighted by Gasteiger charge is -2.19. The van der Waals surface area contributed by atoms with E-state index >= 15 is 0 Å². The first-order valence-corrected chi connectivity index (χ1v) is 8.74. The highest BCUT2D eigenvalue weighted by Crippen LogP contribution is 2.38. The number of carbonyl (C=O) groups is 2. The lowest BCUT2D eigenvalue weighted by atomic mass is 10.1. The number of thiophene rings is 1. The minimum absolute atomic E-state index is 0.0350. The Kier molecular flexibility index (Phi) is 5.57. The molecule has 1 amide bonds. The highest BCUT2D eigenvalue weighted by molar-refractivity contribution is 7.21. The van der Waals surface area contributed by atoms with Gasteiger partial charge in [0.1, 0.15) is 5.60 Å². The average molecular weight is 365 g/mol. The smallest absolute Gasteiger partial charge is 0.308 e. The highest BCUT2D eigenvalue weighted by atomic mass is 32.1. The summed E-state index contributed by atoms with van der Waals surface area (Å²) in [6.07, 6.45) is 0.113. The summed E-state index contributed by atoms with van der Waals surface area (Å²) in [5.41, 5.74) is 0.247. The molecule has 7 heteroatoms.